The molecule has 0 aliphatic heterocycles. The number of hydrogen-bond acceptors (Lipinski definition) is 3. The van der Waals surface area contributed by atoms with Crippen LogP contribution in [0.3, 0.4) is 0 Å². The number of amides is 1. The molecule has 4 nitrogen and oxygen atoms in total. The summed E-state index contributed by atoms with van der Waals surface area (Å²) in [4.78, 5) is 16.0. The summed E-state index contributed by atoms with van der Waals surface area (Å²) in [5.41, 5.74) is 0.0394. The van der Waals surface area contributed by atoms with E-state index in [0.29, 0.717) is 6.54 Å². The van der Waals surface area contributed by atoms with Crippen LogP contribution in [0.2, 0.25) is 0 Å². The molecule has 0 radical (unpaired) electrons. The van der Waals surface area contributed by atoms with Crippen molar-refractivity contribution in [3.8, 4) is 0 Å². The summed E-state index contributed by atoms with van der Waals surface area (Å²) < 4.78 is 0. The number of hydrogen-bond donors (Lipinski definition) is 2. The highest BCUT2D eigenvalue weighted by Crippen LogP contribution is 2.33. The van der Waals surface area contributed by atoms with Gasteiger partial charge in [-0.25, -0.2) is 0 Å². The minimum Gasteiger partial charge on any atom is -0.388 e. The maximum Gasteiger partial charge on any atom is 0.226 e. The lowest BCUT2D eigenvalue weighted by atomic mass is 9.78. The molecule has 4 heteroatoms. The lowest BCUT2D eigenvalue weighted by Crippen LogP contribution is -2.45. The zero-order valence-electron chi connectivity index (χ0n) is 12.1. The summed E-state index contributed by atoms with van der Waals surface area (Å²) in [7, 11) is 0. The zero-order chi connectivity index (χ0) is 14.4. The molecule has 2 rings (SSSR count). The van der Waals surface area contributed by atoms with Crippen molar-refractivity contribution in [3.05, 3.63) is 30.1 Å². The van der Waals surface area contributed by atoms with E-state index in [1.54, 1.807) is 6.20 Å². The van der Waals surface area contributed by atoms with Gasteiger partial charge in [0.05, 0.1) is 12.0 Å². The van der Waals surface area contributed by atoms with Crippen LogP contribution in [0.4, 0.5) is 0 Å². The third-order valence-electron chi connectivity index (χ3n) is 4.30. The third-order valence-corrected chi connectivity index (χ3v) is 4.30. The van der Waals surface area contributed by atoms with Gasteiger partial charge in [-0.05, 0) is 43.7 Å². The van der Waals surface area contributed by atoms with Gasteiger partial charge >= 0.3 is 0 Å². The molecule has 0 spiro atoms. The van der Waals surface area contributed by atoms with Crippen LogP contribution >= 0.6 is 0 Å². The van der Waals surface area contributed by atoms with Crippen LogP contribution in [0.1, 0.15) is 44.7 Å². The molecule has 1 heterocycles. The van der Waals surface area contributed by atoms with Crippen molar-refractivity contribution < 1.29 is 9.90 Å². The largest absolute Gasteiger partial charge is 0.388 e. The van der Waals surface area contributed by atoms with E-state index in [-0.39, 0.29) is 12.3 Å². The van der Waals surface area contributed by atoms with Gasteiger partial charge in [0.15, 0.2) is 0 Å². The highest BCUT2D eigenvalue weighted by atomic mass is 16.3. The van der Waals surface area contributed by atoms with E-state index in [9.17, 15) is 9.90 Å². The molecule has 0 aromatic carbocycles. The van der Waals surface area contributed by atoms with Crippen LogP contribution in [0.25, 0.3) is 0 Å². The first-order valence-corrected chi connectivity index (χ1v) is 7.50. The fourth-order valence-corrected chi connectivity index (χ4v) is 2.79. The first-order chi connectivity index (χ1) is 9.61. The summed E-state index contributed by atoms with van der Waals surface area (Å²) in [6.07, 6.45) is 6.83. The molecule has 110 valence electrons. The van der Waals surface area contributed by atoms with Crippen molar-refractivity contribution in [1.82, 2.24) is 10.3 Å². The lowest BCUT2D eigenvalue weighted by molar-refractivity contribution is -0.122. The molecule has 2 N–H and O–H groups in total. The number of nitrogens with zero attached hydrogens (tertiary/aromatic N) is 1. The molecule has 1 aliphatic carbocycles. The number of aromatic nitrogens is 1. The Balaban J connectivity index is 1.76. The van der Waals surface area contributed by atoms with Crippen LogP contribution < -0.4 is 5.32 Å². The molecular weight excluding hydrogens is 252 g/mol. The Kier molecular flexibility index (Phi) is 5.12. The molecule has 0 saturated heterocycles. The molecule has 0 unspecified atom stereocenters. The fourth-order valence-electron chi connectivity index (χ4n) is 2.79. The van der Waals surface area contributed by atoms with E-state index < -0.39 is 5.60 Å². The summed E-state index contributed by atoms with van der Waals surface area (Å²) in [5, 5.41) is 13.3. The Morgan fingerprint density at radius 1 is 1.45 bits per heavy atom. The Morgan fingerprint density at radius 3 is 2.80 bits per heavy atom. The fraction of sp³-hybridized carbons (Fsp3) is 0.625. The van der Waals surface area contributed by atoms with Crippen molar-refractivity contribution in [2.24, 2.45) is 5.92 Å². The SMILES string of the molecule is CCC1CCC(O)(CNC(=O)Cc2ccccn2)CC1. The van der Waals surface area contributed by atoms with Gasteiger partial charge < -0.3 is 10.4 Å². The number of nitrogens with one attached hydrogen (secondary N) is 1. The average molecular weight is 276 g/mol. The Labute approximate surface area is 120 Å². The molecule has 1 aromatic heterocycles. The standard InChI is InChI=1S/C16H24N2O2/c1-2-13-6-8-16(20,9-7-13)12-18-15(19)11-14-5-3-4-10-17-14/h3-5,10,13,20H,2,6-9,11-12H2,1H3,(H,18,19). The van der Waals surface area contributed by atoms with Crippen LogP contribution in [0, 0.1) is 5.92 Å². The van der Waals surface area contributed by atoms with Crippen molar-refractivity contribution in [2.45, 2.75) is 51.0 Å². The Morgan fingerprint density at radius 2 is 2.20 bits per heavy atom. The Hall–Kier alpha value is -1.42. The van der Waals surface area contributed by atoms with Crippen LogP contribution in [0.5, 0.6) is 0 Å². The van der Waals surface area contributed by atoms with Gasteiger partial charge in [0.25, 0.3) is 0 Å². The monoisotopic (exact) mass is 276 g/mol. The topological polar surface area (TPSA) is 62.2 Å². The zero-order valence-corrected chi connectivity index (χ0v) is 12.1. The second-order valence-corrected chi connectivity index (χ2v) is 5.85. The highest BCUT2D eigenvalue weighted by Gasteiger charge is 2.32. The van der Waals surface area contributed by atoms with Gasteiger partial charge in [-0.15, -0.1) is 0 Å². The van der Waals surface area contributed by atoms with E-state index in [1.165, 1.54) is 6.42 Å². The molecule has 1 aliphatic rings. The summed E-state index contributed by atoms with van der Waals surface area (Å²) in [6.45, 7) is 2.55. The summed E-state index contributed by atoms with van der Waals surface area (Å²) >= 11 is 0. The maximum atomic E-state index is 11.9. The van der Waals surface area contributed by atoms with E-state index in [1.807, 2.05) is 18.2 Å². The predicted molar refractivity (Wildman–Crippen MR) is 78.1 cm³/mol. The first kappa shape index (κ1) is 15.0. The van der Waals surface area contributed by atoms with Gasteiger partial charge in [0.1, 0.15) is 0 Å². The molecular formula is C16H24N2O2. The molecule has 1 aromatic rings. The average Bonchev–Trinajstić information content (AvgIpc) is 2.47. The molecule has 20 heavy (non-hydrogen) atoms. The van der Waals surface area contributed by atoms with Gasteiger partial charge in [0, 0.05) is 18.4 Å². The second kappa shape index (κ2) is 6.84. The number of pyridine rings is 1. The minimum absolute atomic E-state index is 0.0743. The van der Waals surface area contributed by atoms with E-state index in [0.717, 1.165) is 37.3 Å². The van der Waals surface area contributed by atoms with E-state index in [4.69, 9.17) is 0 Å². The molecule has 0 bridgehead atoms. The van der Waals surface area contributed by atoms with Gasteiger partial charge in [-0.3, -0.25) is 9.78 Å². The normalized spacial score (nSPS) is 26.2. The lowest BCUT2D eigenvalue weighted by Gasteiger charge is -2.35. The molecule has 1 amide bonds. The Bertz CT molecular complexity index is 425. The van der Waals surface area contributed by atoms with E-state index in [2.05, 4.69) is 17.2 Å². The number of carbonyl (C=O) groups excluding carboxylic acids is 1. The second-order valence-electron chi connectivity index (χ2n) is 5.85. The maximum absolute atomic E-state index is 11.9. The van der Waals surface area contributed by atoms with Crippen LogP contribution in [-0.2, 0) is 11.2 Å². The quantitative estimate of drug-likeness (QED) is 0.865. The summed E-state index contributed by atoms with van der Waals surface area (Å²) in [5.74, 6) is 0.661. The van der Waals surface area contributed by atoms with Gasteiger partial charge in [0.2, 0.25) is 5.91 Å². The van der Waals surface area contributed by atoms with Crippen molar-refractivity contribution in [3.63, 3.8) is 0 Å². The summed E-state index contributed by atoms with van der Waals surface area (Å²) in [6, 6.07) is 5.53. The van der Waals surface area contributed by atoms with Crippen molar-refractivity contribution in [2.75, 3.05) is 6.54 Å². The first-order valence-electron chi connectivity index (χ1n) is 7.50. The van der Waals surface area contributed by atoms with Crippen molar-refractivity contribution in [1.29, 1.82) is 0 Å². The van der Waals surface area contributed by atoms with Crippen LogP contribution in [0.15, 0.2) is 24.4 Å². The van der Waals surface area contributed by atoms with Crippen molar-refractivity contribution >= 4 is 5.91 Å². The number of aliphatic hydroxyl groups is 1. The molecule has 0 atom stereocenters. The minimum atomic E-state index is -0.717. The van der Waals surface area contributed by atoms with E-state index >= 15 is 0 Å². The smallest absolute Gasteiger partial charge is 0.226 e. The molecule has 1 saturated carbocycles. The van der Waals surface area contributed by atoms with Gasteiger partial charge in [-0.1, -0.05) is 19.4 Å². The molecule has 1 fully saturated rings. The predicted octanol–water partition coefficient (Wildman–Crippen LogP) is 2.07. The van der Waals surface area contributed by atoms with Crippen LogP contribution in [-0.4, -0.2) is 28.1 Å². The third kappa shape index (κ3) is 4.30. The highest BCUT2D eigenvalue weighted by molar-refractivity contribution is 5.78. The number of rotatable bonds is 5. The van der Waals surface area contributed by atoms with Gasteiger partial charge in [-0.2, -0.15) is 0 Å². The number of carbonyl (C=O) groups is 1.